The Morgan fingerprint density at radius 1 is 1.43 bits per heavy atom. The second kappa shape index (κ2) is 7.87. The minimum Gasteiger partial charge on any atom is -0.504 e. The molecule has 0 aromatic heterocycles. The fraction of sp³-hybridized carbons (Fsp3) is 0.625. The van der Waals surface area contributed by atoms with Crippen molar-refractivity contribution in [2.24, 2.45) is 0 Å². The number of likely N-dealkylation sites (tertiary alicyclic amines) is 1. The maximum absolute atomic E-state index is 10.3. The number of hydrogen-bond acceptors (Lipinski definition) is 4. The van der Waals surface area contributed by atoms with E-state index in [1.54, 1.807) is 13.2 Å². The predicted molar refractivity (Wildman–Crippen MR) is 86.3 cm³/mol. The monoisotopic (exact) mass is 312 g/mol. The minimum atomic E-state index is 0.208. The van der Waals surface area contributed by atoms with E-state index in [9.17, 15) is 5.11 Å². The molecule has 1 heterocycles. The van der Waals surface area contributed by atoms with Crippen LogP contribution in [-0.2, 0) is 6.54 Å². The number of benzene rings is 1. The molecule has 5 heteroatoms. The Bertz CT molecular complexity index is 468. The van der Waals surface area contributed by atoms with E-state index in [0.717, 1.165) is 31.6 Å². The van der Waals surface area contributed by atoms with Gasteiger partial charge in [-0.3, -0.25) is 4.90 Å². The van der Waals surface area contributed by atoms with Crippen molar-refractivity contribution in [1.29, 1.82) is 0 Å². The van der Waals surface area contributed by atoms with Crippen LogP contribution < -0.4 is 10.1 Å². The molecule has 0 spiro atoms. The van der Waals surface area contributed by atoms with Crippen molar-refractivity contribution >= 4 is 11.6 Å². The van der Waals surface area contributed by atoms with Gasteiger partial charge in [0.25, 0.3) is 0 Å². The van der Waals surface area contributed by atoms with E-state index in [-0.39, 0.29) is 5.75 Å². The van der Waals surface area contributed by atoms with E-state index in [2.05, 4.69) is 10.2 Å². The number of rotatable bonds is 6. The summed E-state index contributed by atoms with van der Waals surface area (Å²) in [6.45, 7) is 2.81. The topological polar surface area (TPSA) is 44.7 Å². The first-order chi connectivity index (χ1) is 10.2. The van der Waals surface area contributed by atoms with Crippen LogP contribution in [0.15, 0.2) is 12.1 Å². The second-order valence-corrected chi connectivity index (χ2v) is 6.06. The number of aromatic hydroxyl groups is 1. The SMILES string of the molecule is CNCCC1CCCCN1Cc1cc(Cl)cc(OC)c1O. The van der Waals surface area contributed by atoms with E-state index < -0.39 is 0 Å². The van der Waals surface area contributed by atoms with Crippen LogP contribution >= 0.6 is 11.6 Å². The average molecular weight is 313 g/mol. The van der Waals surface area contributed by atoms with Crippen LogP contribution in [0.25, 0.3) is 0 Å². The van der Waals surface area contributed by atoms with Crippen molar-refractivity contribution in [3.8, 4) is 11.5 Å². The van der Waals surface area contributed by atoms with E-state index >= 15 is 0 Å². The lowest BCUT2D eigenvalue weighted by molar-refractivity contribution is 0.131. The molecular formula is C16H25ClN2O2. The van der Waals surface area contributed by atoms with Crippen molar-refractivity contribution in [3.63, 3.8) is 0 Å². The lowest BCUT2D eigenvalue weighted by atomic mass is 9.98. The first kappa shape index (κ1) is 16.4. The van der Waals surface area contributed by atoms with Gasteiger partial charge in [0, 0.05) is 29.2 Å². The van der Waals surface area contributed by atoms with Gasteiger partial charge in [-0.25, -0.2) is 0 Å². The molecule has 21 heavy (non-hydrogen) atoms. The molecule has 0 saturated carbocycles. The average Bonchev–Trinajstić information content (AvgIpc) is 2.49. The van der Waals surface area contributed by atoms with Crippen LogP contribution in [0.2, 0.25) is 5.02 Å². The molecule has 0 bridgehead atoms. The third-order valence-electron chi connectivity index (χ3n) is 4.19. The zero-order valence-corrected chi connectivity index (χ0v) is 13.6. The van der Waals surface area contributed by atoms with Crippen LogP contribution in [0.3, 0.4) is 0 Å². The van der Waals surface area contributed by atoms with E-state index in [1.165, 1.54) is 19.3 Å². The molecule has 0 radical (unpaired) electrons. The highest BCUT2D eigenvalue weighted by Gasteiger charge is 2.23. The predicted octanol–water partition coefficient (Wildman–Crippen LogP) is 3.02. The van der Waals surface area contributed by atoms with Gasteiger partial charge in [0.15, 0.2) is 11.5 Å². The molecule has 2 rings (SSSR count). The van der Waals surface area contributed by atoms with Gasteiger partial charge in [-0.15, -0.1) is 0 Å². The summed E-state index contributed by atoms with van der Waals surface area (Å²) < 4.78 is 5.18. The van der Waals surface area contributed by atoms with Crippen LogP contribution in [0.4, 0.5) is 0 Å². The lowest BCUT2D eigenvalue weighted by Gasteiger charge is -2.36. The number of piperidine rings is 1. The maximum Gasteiger partial charge on any atom is 0.162 e. The molecule has 2 N–H and O–H groups in total. The number of nitrogens with zero attached hydrogens (tertiary/aromatic N) is 1. The summed E-state index contributed by atoms with van der Waals surface area (Å²) in [5.74, 6) is 0.654. The molecule has 1 atom stereocenters. The first-order valence-electron chi connectivity index (χ1n) is 7.59. The van der Waals surface area contributed by atoms with Crippen molar-refractivity contribution in [2.45, 2.75) is 38.3 Å². The van der Waals surface area contributed by atoms with Crippen molar-refractivity contribution < 1.29 is 9.84 Å². The van der Waals surface area contributed by atoms with Gasteiger partial charge in [-0.05, 0) is 45.5 Å². The van der Waals surface area contributed by atoms with E-state index in [1.807, 2.05) is 13.1 Å². The number of methoxy groups -OCH3 is 1. The van der Waals surface area contributed by atoms with Crippen molar-refractivity contribution in [2.75, 3.05) is 27.2 Å². The van der Waals surface area contributed by atoms with Gasteiger partial charge < -0.3 is 15.2 Å². The standard InChI is InChI=1S/C16H25ClN2O2/c1-18-7-6-14-5-3-4-8-19(14)11-12-9-13(17)10-15(21-2)16(12)20/h9-10,14,18,20H,3-8,11H2,1-2H3. The van der Waals surface area contributed by atoms with Gasteiger partial charge in [-0.2, -0.15) is 0 Å². The highest BCUT2D eigenvalue weighted by molar-refractivity contribution is 6.30. The number of phenolic OH excluding ortho intramolecular Hbond substituents is 1. The van der Waals surface area contributed by atoms with Gasteiger partial charge in [0.05, 0.1) is 7.11 Å². The van der Waals surface area contributed by atoms with Crippen molar-refractivity contribution in [3.05, 3.63) is 22.7 Å². The van der Waals surface area contributed by atoms with Crippen LogP contribution in [0, 0.1) is 0 Å². The second-order valence-electron chi connectivity index (χ2n) is 5.63. The quantitative estimate of drug-likeness (QED) is 0.847. The molecule has 1 aliphatic rings. The molecule has 1 aromatic carbocycles. The molecular weight excluding hydrogens is 288 g/mol. The normalized spacial score (nSPS) is 19.7. The molecule has 1 fully saturated rings. The Labute approximate surface area is 132 Å². The lowest BCUT2D eigenvalue weighted by Crippen LogP contribution is -2.40. The Morgan fingerprint density at radius 3 is 2.95 bits per heavy atom. The molecule has 4 nitrogen and oxygen atoms in total. The Kier molecular flexibility index (Phi) is 6.15. The molecule has 118 valence electrons. The van der Waals surface area contributed by atoms with Gasteiger partial charge in [-0.1, -0.05) is 18.0 Å². The molecule has 1 aliphatic heterocycles. The Morgan fingerprint density at radius 2 is 2.24 bits per heavy atom. The molecule has 1 saturated heterocycles. The number of halogens is 1. The summed E-state index contributed by atoms with van der Waals surface area (Å²) in [5.41, 5.74) is 0.843. The van der Waals surface area contributed by atoms with E-state index in [0.29, 0.717) is 16.8 Å². The molecule has 1 aromatic rings. The molecule has 1 unspecified atom stereocenters. The number of ether oxygens (including phenoxy) is 1. The third-order valence-corrected chi connectivity index (χ3v) is 4.41. The van der Waals surface area contributed by atoms with Gasteiger partial charge >= 0.3 is 0 Å². The fourth-order valence-electron chi connectivity index (χ4n) is 3.03. The van der Waals surface area contributed by atoms with Crippen LogP contribution in [0.5, 0.6) is 11.5 Å². The Hall–Kier alpha value is -0.970. The smallest absolute Gasteiger partial charge is 0.162 e. The largest absolute Gasteiger partial charge is 0.504 e. The zero-order chi connectivity index (χ0) is 15.2. The highest BCUT2D eigenvalue weighted by atomic mass is 35.5. The Balaban J connectivity index is 2.13. The molecule has 0 aliphatic carbocycles. The van der Waals surface area contributed by atoms with Crippen LogP contribution in [-0.4, -0.2) is 43.3 Å². The number of phenols is 1. The van der Waals surface area contributed by atoms with E-state index in [4.69, 9.17) is 16.3 Å². The fourth-order valence-corrected chi connectivity index (χ4v) is 3.26. The summed E-state index contributed by atoms with van der Waals surface area (Å²) in [4.78, 5) is 2.45. The summed E-state index contributed by atoms with van der Waals surface area (Å²) in [7, 11) is 3.53. The zero-order valence-electron chi connectivity index (χ0n) is 12.9. The maximum atomic E-state index is 10.3. The summed E-state index contributed by atoms with van der Waals surface area (Å²) in [5, 5.41) is 14.1. The first-order valence-corrected chi connectivity index (χ1v) is 7.97. The number of nitrogens with one attached hydrogen (secondary N) is 1. The summed E-state index contributed by atoms with van der Waals surface area (Å²) in [6, 6.07) is 4.05. The van der Waals surface area contributed by atoms with Gasteiger partial charge in [0.2, 0.25) is 0 Å². The van der Waals surface area contributed by atoms with Gasteiger partial charge in [0.1, 0.15) is 0 Å². The third kappa shape index (κ3) is 4.25. The summed E-state index contributed by atoms with van der Waals surface area (Å²) in [6.07, 6.45) is 4.86. The number of hydrogen-bond donors (Lipinski definition) is 2. The van der Waals surface area contributed by atoms with Crippen molar-refractivity contribution in [1.82, 2.24) is 10.2 Å². The highest BCUT2D eigenvalue weighted by Crippen LogP contribution is 2.35. The minimum absolute atomic E-state index is 0.208. The van der Waals surface area contributed by atoms with Crippen LogP contribution in [0.1, 0.15) is 31.2 Å². The summed E-state index contributed by atoms with van der Waals surface area (Å²) >= 11 is 6.12. The molecule has 0 amide bonds.